The lowest BCUT2D eigenvalue weighted by Gasteiger charge is -2.18. The van der Waals surface area contributed by atoms with Gasteiger partial charge in [-0.15, -0.1) is 0 Å². The van der Waals surface area contributed by atoms with E-state index in [1.54, 1.807) is 6.07 Å². The molecule has 0 unspecified atom stereocenters. The standard InChI is InChI=1S/C10H4ClF5N2O/c11-7-2-1-6(3-5(7)4-17)18-8(19)9(12,13)10(14,15)16/h1-3H,(H,18,19). The van der Waals surface area contributed by atoms with E-state index in [-0.39, 0.29) is 10.6 Å². The molecular weight excluding hydrogens is 295 g/mol. The normalized spacial score (nSPS) is 11.8. The first-order valence-corrected chi connectivity index (χ1v) is 4.93. The minimum absolute atomic E-state index is 0.0249. The summed E-state index contributed by atoms with van der Waals surface area (Å²) in [6.07, 6.45) is -6.00. The summed E-state index contributed by atoms with van der Waals surface area (Å²) in [6.45, 7) is 0. The molecule has 0 aliphatic carbocycles. The molecule has 102 valence electrons. The van der Waals surface area contributed by atoms with Gasteiger partial charge in [-0.1, -0.05) is 11.6 Å². The highest BCUT2D eigenvalue weighted by atomic mass is 35.5. The number of nitrogens with one attached hydrogen (secondary N) is 1. The third-order valence-electron chi connectivity index (χ3n) is 1.99. The number of rotatable bonds is 2. The van der Waals surface area contributed by atoms with Crippen molar-refractivity contribution in [1.29, 1.82) is 5.26 Å². The molecule has 0 saturated heterocycles. The number of nitrogens with zero attached hydrogens (tertiary/aromatic N) is 1. The smallest absolute Gasteiger partial charge is 0.320 e. The molecule has 0 aliphatic rings. The van der Waals surface area contributed by atoms with Crippen molar-refractivity contribution in [3.63, 3.8) is 0 Å². The third-order valence-corrected chi connectivity index (χ3v) is 2.32. The minimum Gasteiger partial charge on any atom is -0.320 e. The van der Waals surface area contributed by atoms with E-state index < -0.39 is 23.7 Å². The molecule has 1 aromatic rings. The SMILES string of the molecule is N#Cc1cc(NC(=O)C(F)(F)C(F)(F)F)ccc1Cl. The zero-order chi connectivity index (χ0) is 14.8. The zero-order valence-electron chi connectivity index (χ0n) is 8.86. The molecule has 0 saturated carbocycles. The monoisotopic (exact) mass is 298 g/mol. The van der Waals surface area contributed by atoms with Crippen LogP contribution in [0.3, 0.4) is 0 Å². The summed E-state index contributed by atoms with van der Waals surface area (Å²) in [6, 6.07) is 4.54. The molecule has 3 nitrogen and oxygen atoms in total. The van der Waals surface area contributed by atoms with E-state index in [0.717, 1.165) is 18.2 Å². The Kier molecular flexibility index (Phi) is 4.00. The van der Waals surface area contributed by atoms with Crippen LogP contribution >= 0.6 is 11.6 Å². The molecule has 9 heteroatoms. The van der Waals surface area contributed by atoms with Crippen molar-refractivity contribution >= 4 is 23.2 Å². The van der Waals surface area contributed by atoms with Gasteiger partial charge < -0.3 is 5.32 Å². The molecule has 1 aromatic carbocycles. The maximum absolute atomic E-state index is 12.6. The van der Waals surface area contributed by atoms with E-state index in [9.17, 15) is 26.7 Å². The molecule has 0 bridgehead atoms. The van der Waals surface area contributed by atoms with Crippen molar-refractivity contribution in [3.8, 4) is 6.07 Å². The van der Waals surface area contributed by atoms with Crippen molar-refractivity contribution in [1.82, 2.24) is 0 Å². The first-order chi connectivity index (χ1) is 8.59. The van der Waals surface area contributed by atoms with Gasteiger partial charge in [-0.05, 0) is 18.2 Å². The van der Waals surface area contributed by atoms with Crippen LogP contribution in [0.5, 0.6) is 0 Å². The highest BCUT2D eigenvalue weighted by Crippen LogP contribution is 2.36. The Morgan fingerprint density at radius 1 is 1.26 bits per heavy atom. The largest absolute Gasteiger partial charge is 0.463 e. The Morgan fingerprint density at radius 3 is 2.32 bits per heavy atom. The minimum atomic E-state index is -6.00. The Hall–Kier alpha value is -1.88. The lowest BCUT2D eigenvalue weighted by molar-refractivity contribution is -0.267. The Balaban J connectivity index is 2.99. The summed E-state index contributed by atoms with van der Waals surface area (Å²) in [5.41, 5.74) is -0.565. The van der Waals surface area contributed by atoms with Crippen molar-refractivity contribution in [2.45, 2.75) is 12.1 Å². The van der Waals surface area contributed by atoms with Gasteiger partial charge in [0.25, 0.3) is 0 Å². The highest BCUT2D eigenvalue weighted by molar-refractivity contribution is 6.31. The number of halogens is 6. The molecule has 0 aliphatic heterocycles. The van der Waals surface area contributed by atoms with E-state index in [0.29, 0.717) is 0 Å². The fourth-order valence-electron chi connectivity index (χ4n) is 1.03. The Labute approximate surface area is 108 Å². The molecule has 0 fully saturated rings. The van der Waals surface area contributed by atoms with Crippen molar-refractivity contribution in [2.24, 2.45) is 0 Å². The lowest BCUT2D eigenvalue weighted by atomic mass is 10.2. The average Bonchev–Trinajstić information content (AvgIpc) is 2.30. The van der Waals surface area contributed by atoms with Crippen molar-refractivity contribution < 1.29 is 26.7 Å². The van der Waals surface area contributed by atoms with Crippen molar-refractivity contribution in [2.75, 3.05) is 5.32 Å². The van der Waals surface area contributed by atoms with Gasteiger partial charge in [-0.25, -0.2) is 0 Å². The number of anilines is 1. The predicted molar refractivity (Wildman–Crippen MR) is 55.8 cm³/mol. The Morgan fingerprint density at radius 2 is 1.84 bits per heavy atom. The summed E-state index contributed by atoms with van der Waals surface area (Å²) in [4.78, 5) is 10.9. The van der Waals surface area contributed by atoms with Crippen LogP contribution in [0.25, 0.3) is 0 Å². The predicted octanol–water partition coefficient (Wildman–Crippen LogP) is 3.35. The zero-order valence-corrected chi connectivity index (χ0v) is 9.61. The van der Waals surface area contributed by atoms with Crippen LogP contribution in [0.1, 0.15) is 5.56 Å². The van der Waals surface area contributed by atoms with Crippen LogP contribution < -0.4 is 5.32 Å². The van der Waals surface area contributed by atoms with Crippen LogP contribution in [0.2, 0.25) is 5.02 Å². The van der Waals surface area contributed by atoms with E-state index in [1.165, 1.54) is 5.32 Å². The molecule has 19 heavy (non-hydrogen) atoms. The number of hydrogen-bond acceptors (Lipinski definition) is 2. The number of hydrogen-bond donors (Lipinski definition) is 1. The van der Waals surface area contributed by atoms with Gasteiger partial charge >= 0.3 is 18.0 Å². The average molecular weight is 299 g/mol. The van der Waals surface area contributed by atoms with E-state index in [1.807, 2.05) is 0 Å². The summed E-state index contributed by atoms with van der Waals surface area (Å²) >= 11 is 5.53. The van der Waals surface area contributed by atoms with Gasteiger partial charge in [0.1, 0.15) is 6.07 Å². The summed E-state index contributed by atoms with van der Waals surface area (Å²) in [5, 5.41) is 9.94. The maximum Gasteiger partial charge on any atom is 0.463 e. The second-order valence-electron chi connectivity index (χ2n) is 3.33. The molecular formula is C10H4ClF5N2O. The van der Waals surface area contributed by atoms with Crippen LogP contribution in [0.15, 0.2) is 18.2 Å². The van der Waals surface area contributed by atoms with Gasteiger partial charge in [-0.2, -0.15) is 27.2 Å². The van der Waals surface area contributed by atoms with E-state index in [2.05, 4.69) is 0 Å². The summed E-state index contributed by atoms with van der Waals surface area (Å²) in [5.74, 6) is -8.06. The van der Waals surface area contributed by atoms with Gasteiger partial charge in [0.15, 0.2) is 0 Å². The van der Waals surface area contributed by atoms with Gasteiger partial charge in [-0.3, -0.25) is 4.79 Å². The van der Waals surface area contributed by atoms with Crippen LogP contribution in [0.4, 0.5) is 27.6 Å². The number of alkyl halides is 5. The maximum atomic E-state index is 12.6. The van der Waals surface area contributed by atoms with Gasteiger partial charge in [0, 0.05) is 5.69 Å². The number of nitriles is 1. The molecule has 0 heterocycles. The van der Waals surface area contributed by atoms with Gasteiger partial charge in [0.2, 0.25) is 0 Å². The lowest BCUT2D eigenvalue weighted by Crippen LogP contribution is -2.47. The number of carbonyl (C=O) groups is 1. The van der Waals surface area contributed by atoms with Crippen LogP contribution in [-0.4, -0.2) is 18.0 Å². The van der Waals surface area contributed by atoms with E-state index >= 15 is 0 Å². The van der Waals surface area contributed by atoms with Gasteiger partial charge in [0.05, 0.1) is 10.6 Å². The third kappa shape index (κ3) is 3.12. The van der Waals surface area contributed by atoms with Crippen LogP contribution in [-0.2, 0) is 4.79 Å². The second kappa shape index (κ2) is 5.01. The fraction of sp³-hybridized carbons (Fsp3) is 0.200. The van der Waals surface area contributed by atoms with E-state index in [4.69, 9.17) is 16.9 Å². The van der Waals surface area contributed by atoms with Crippen molar-refractivity contribution in [3.05, 3.63) is 28.8 Å². The first kappa shape index (κ1) is 15.2. The quantitative estimate of drug-likeness (QED) is 0.851. The van der Waals surface area contributed by atoms with Crippen LogP contribution in [0, 0.1) is 11.3 Å². The molecule has 0 radical (unpaired) electrons. The first-order valence-electron chi connectivity index (χ1n) is 4.55. The Bertz CT molecular complexity index is 550. The molecule has 1 rings (SSSR count). The molecule has 1 N–H and O–H groups in total. The molecule has 0 atom stereocenters. The second-order valence-corrected chi connectivity index (χ2v) is 3.74. The summed E-state index contributed by atoms with van der Waals surface area (Å²) < 4.78 is 61.0. The molecule has 1 amide bonds. The fourth-order valence-corrected chi connectivity index (χ4v) is 1.19. The topological polar surface area (TPSA) is 52.9 Å². The number of amides is 1. The molecule has 0 aromatic heterocycles. The highest BCUT2D eigenvalue weighted by Gasteiger charge is 2.63. The summed E-state index contributed by atoms with van der Waals surface area (Å²) in [7, 11) is 0. The molecule has 0 spiro atoms. The number of benzene rings is 1. The number of carbonyl (C=O) groups excluding carboxylic acids is 1.